The van der Waals surface area contributed by atoms with Crippen molar-refractivity contribution in [2.24, 2.45) is 0 Å². The number of thiazole rings is 1. The lowest BCUT2D eigenvalue weighted by atomic mass is 10.5. The van der Waals surface area contributed by atoms with Crippen molar-refractivity contribution in [2.75, 3.05) is 0 Å². The number of carboxylic acid groups (broad SMARTS) is 2. The quantitative estimate of drug-likeness (QED) is 0.680. The van der Waals surface area contributed by atoms with E-state index >= 15 is 0 Å². The van der Waals surface area contributed by atoms with Gasteiger partial charge in [-0.3, -0.25) is 4.98 Å². The predicted octanol–water partition coefficient (Wildman–Crippen LogP) is 0.0302. The van der Waals surface area contributed by atoms with Crippen molar-refractivity contribution in [1.29, 1.82) is 0 Å². The molecule has 1 aromatic heterocycles. The lowest BCUT2D eigenvalue weighted by molar-refractivity contribution is -0.134. The molecule has 0 spiro atoms. The molecule has 0 aliphatic carbocycles. The fourth-order valence-electron chi connectivity index (χ4n) is 0.318. The second-order valence-corrected chi connectivity index (χ2v) is 2.44. The molecule has 0 radical (unpaired) electrons. The molecule has 1 rings (SSSR count). The SMILES string of the molecule is O.O=C(O)/C=C\C(=O)O.c1cscn1. The Bertz CT molecular complexity index is 249. The highest BCUT2D eigenvalue weighted by molar-refractivity contribution is 7.07. The van der Waals surface area contributed by atoms with Crippen LogP contribution in [0.5, 0.6) is 0 Å². The first-order valence-corrected chi connectivity index (χ1v) is 4.03. The van der Waals surface area contributed by atoms with E-state index in [1.165, 1.54) is 0 Å². The summed E-state index contributed by atoms with van der Waals surface area (Å²) in [4.78, 5) is 22.8. The molecule has 14 heavy (non-hydrogen) atoms. The van der Waals surface area contributed by atoms with E-state index < -0.39 is 11.9 Å². The first kappa shape index (κ1) is 14.8. The molecular weight excluding hydrogens is 210 g/mol. The van der Waals surface area contributed by atoms with Gasteiger partial charge in [-0.25, -0.2) is 9.59 Å². The summed E-state index contributed by atoms with van der Waals surface area (Å²) in [6, 6.07) is 0. The predicted molar refractivity (Wildman–Crippen MR) is 50.1 cm³/mol. The van der Waals surface area contributed by atoms with Crippen molar-refractivity contribution in [3.05, 3.63) is 29.2 Å². The highest BCUT2D eigenvalue weighted by Crippen LogP contribution is 1.85. The number of aromatic nitrogens is 1. The van der Waals surface area contributed by atoms with Crippen LogP contribution >= 0.6 is 11.3 Å². The summed E-state index contributed by atoms with van der Waals surface area (Å²) in [5, 5.41) is 17.6. The first-order valence-electron chi connectivity index (χ1n) is 3.09. The molecule has 0 fully saturated rings. The van der Waals surface area contributed by atoms with E-state index in [2.05, 4.69) is 4.98 Å². The third kappa shape index (κ3) is 12.9. The van der Waals surface area contributed by atoms with Crippen LogP contribution in [0.1, 0.15) is 0 Å². The third-order valence-corrected chi connectivity index (χ3v) is 1.24. The Hall–Kier alpha value is -1.73. The van der Waals surface area contributed by atoms with Gasteiger partial charge in [-0.15, -0.1) is 11.3 Å². The van der Waals surface area contributed by atoms with Gasteiger partial charge in [-0.05, 0) is 0 Å². The van der Waals surface area contributed by atoms with Crippen LogP contribution in [0.15, 0.2) is 29.2 Å². The van der Waals surface area contributed by atoms with Crippen LogP contribution in [0.25, 0.3) is 0 Å². The van der Waals surface area contributed by atoms with E-state index in [9.17, 15) is 9.59 Å². The van der Waals surface area contributed by atoms with Gasteiger partial charge in [0.1, 0.15) is 0 Å². The fraction of sp³-hybridized carbons (Fsp3) is 0. The van der Waals surface area contributed by atoms with Crippen molar-refractivity contribution in [2.45, 2.75) is 0 Å². The minimum absolute atomic E-state index is 0. The van der Waals surface area contributed by atoms with Gasteiger partial charge in [0.05, 0.1) is 5.51 Å². The lowest BCUT2D eigenvalue weighted by Gasteiger charge is -1.74. The summed E-state index contributed by atoms with van der Waals surface area (Å²) in [6.45, 7) is 0. The Morgan fingerprint density at radius 2 is 1.71 bits per heavy atom. The monoisotopic (exact) mass is 219 g/mol. The van der Waals surface area contributed by atoms with Crippen LogP contribution in [0.4, 0.5) is 0 Å². The van der Waals surface area contributed by atoms with Gasteiger partial charge >= 0.3 is 11.9 Å². The third-order valence-electron chi connectivity index (χ3n) is 0.716. The molecule has 0 aliphatic rings. The molecule has 0 bridgehead atoms. The van der Waals surface area contributed by atoms with Crippen molar-refractivity contribution in [3.63, 3.8) is 0 Å². The number of aliphatic carboxylic acids is 2. The largest absolute Gasteiger partial charge is 0.478 e. The van der Waals surface area contributed by atoms with Gasteiger partial charge in [-0.1, -0.05) is 0 Å². The van der Waals surface area contributed by atoms with Crippen LogP contribution in [-0.2, 0) is 9.59 Å². The fourth-order valence-corrected chi connectivity index (χ4v) is 0.670. The Kier molecular flexibility index (Phi) is 9.88. The minimum Gasteiger partial charge on any atom is -0.478 e. The van der Waals surface area contributed by atoms with Gasteiger partial charge in [0.15, 0.2) is 0 Å². The number of nitrogens with zero attached hydrogens (tertiary/aromatic N) is 1. The summed E-state index contributed by atoms with van der Waals surface area (Å²) >= 11 is 1.60. The maximum atomic E-state index is 9.55. The van der Waals surface area contributed by atoms with Crippen LogP contribution < -0.4 is 0 Å². The second kappa shape index (κ2) is 9.36. The van der Waals surface area contributed by atoms with E-state index in [1.807, 2.05) is 5.38 Å². The van der Waals surface area contributed by atoms with Crippen molar-refractivity contribution in [1.82, 2.24) is 4.98 Å². The van der Waals surface area contributed by atoms with Crippen LogP contribution in [-0.4, -0.2) is 32.6 Å². The second-order valence-electron chi connectivity index (χ2n) is 1.69. The maximum absolute atomic E-state index is 9.55. The van der Waals surface area contributed by atoms with E-state index in [-0.39, 0.29) is 5.48 Å². The van der Waals surface area contributed by atoms with Crippen LogP contribution in [0.3, 0.4) is 0 Å². The number of carboxylic acids is 2. The Morgan fingerprint density at radius 3 is 1.86 bits per heavy atom. The molecular formula is C7H9NO5S. The average Bonchev–Trinajstić information content (AvgIpc) is 2.57. The molecule has 78 valence electrons. The molecule has 0 aliphatic heterocycles. The molecule has 1 heterocycles. The normalized spacial score (nSPS) is 8.29. The number of hydrogen-bond acceptors (Lipinski definition) is 4. The van der Waals surface area contributed by atoms with Crippen molar-refractivity contribution in [3.8, 4) is 0 Å². The molecule has 0 aromatic carbocycles. The number of hydrogen-bond donors (Lipinski definition) is 2. The van der Waals surface area contributed by atoms with E-state index in [0.29, 0.717) is 12.2 Å². The Balaban J connectivity index is 0. The van der Waals surface area contributed by atoms with E-state index in [1.54, 1.807) is 23.0 Å². The molecule has 0 unspecified atom stereocenters. The number of rotatable bonds is 2. The maximum Gasteiger partial charge on any atom is 0.328 e. The molecule has 1 aromatic rings. The minimum atomic E-state index is -1.26. The highest BCUT2D eigenvalue weighted by atomic mass is 32.1. The van der Waals surface area contributed by atoms with Crippen LogP contribution in [0, 0.1) is 0 Å². The molecule has 4 N–H and O–H groups in total. The van der Waals surface area contributed by atoms with E-state index in [0.717, 1.165) is 0 Å². The highest BCUT2D eigenvalue weighted by Gasteiger charge is 1.88. The van der Waals surface area contributed by atoms with Crippen molar-refractivity contribution >= 4 is 23.3 Å². The van der Waals surface area contributed by atoms with Crippen LogP contribution in [0.2, 0.25) is 0 Å². The topological polar surface area (TPSA) is 119 Å². The molecule has 0 atom stereocenters. The summed E-state index contributed by atoms with van der Waals surface area (Å²) in [7, 11) is 0. The zero-order chi connectivity index (χ0) is 10.1. The van der Waals surface area contributed by atoms with Gasteiger partial charge in [-0.2, -0.15) is 0 Å². The Morgan fingerprint density at radius 1 is 1.21 bits per heavy atom. The molecule has 6 nitrogen and oxygen atoms in total. The van der Waals surface area contributed by atoms with Gasteiger partial charge in [0.2, 0.25) is 0 Å². The van der Waals surface area contributed by atoms with Gasteiger partial charge in [0, 0.05) is 23.7 Å². The molecule has 0 saturated heterocycles. The zero-order valence-electron chi connectivity index (χ0n) is 6.95. The zero-order valence-corrected chi connectivity index (χ0v) is 7.77. The Labute approximate surface area is 83.5 Å². The molecule has 0 amide bonds. The molecule has 0 saturated carbocycles. The van der Waals surface area contributed by atoms with E-state index in [4.69, 9.17) is 10.2 Å². The average molecular weight is 219 g/mol. The van der Waals surface area contributed by atoms with Gasteiger partial charge < -0.3 is 15.7 Å². The smallest absolute Gasteiger partial charge is 0.328 e. The van der Waals surface area contributed by atoms with Gasteiger partial charge in [0.25, 0.3) is 0 Å². The standard InChI is InChI=1S/C4H4O4.C3H3NS.H2O/c5-3(6)1-2-4(7)8;1-2-5-3-4-1;/h1-2H,(H,5,6)(H,7,8);1-3H;1H2/b2-1-;;. The summed E-state index contributed by atoms with van der Waals surface area (Å²) in [5.74, 6) is -2.51. The summed E-state index contributed by atoms with van der Waals surface area (Å²) in [6.07, 6.45) is 2.88. The summed E-state index contributed by atoms with van der Waals surface area (Å²) < 4.78 is 0. The lowest BCUT2D eigenvalue weighted by Crippen LogP contribution is -1.91. The molecule has 7 heteroatoms. The number of carbonyl (C=O) groups is 2. The first-order chi connectivity index (χ1) is 6.13. The van der Waals surface area contributed by atoms with Crippen molar-refractivity contribution < 1.29 is 25.3 Å². The summed E-state index contributed by atoms with van der Waals surface area (Å²) in [5.41, 5.74) is 1.79.